The van der Waals surface area contributed by atoms with Crippen molar-refractivity contribution in [1.29, 1.82) is 0 Å². The summed E-state index contributed by atoms with van der Waals surface area (Å²) in [6.07, 6.45) is 2.25. The number of likely N-dealkylation sites (tertiary alicyclic amines) is 1. The summed E-state index contributed by atoms with van der Waals surface area (Å²) >= 11 is 1.33. The van der Waals surface area contributed by atoms with Gasteiger partial charge in [0.05, 0.1) is 29.6 Å². The molecule has 0 unspecified atom stereocenters. The number of carbonyl (C=O) groups is 2. The predicted molar refractivity (Wildman–Crippen MR) is 166 cm³/mol. The molecule has 9 nitrogen and oxygen atoms in total. The molecule has 4 heterocycles. The molecule has 2 aliphatic heterocycles. The number of pyridine rings is 1. The minimum Gasteiger partial charge on any atom is -0.376 e. The molecule has 2 aromatic heterocycles. The Bertz CT molecular complexity index is 1800. The van der Waals surface area contributed by atoms with Crippen LogP contribution in [0.1, 0.15) is 47.6 Å². The first-order chi connectivity index (χ1) is 20.8. The van der Waals surface area contributed by atoms with Crippen molar-refractivity contribution in [3.8, 4) is 22.4 Å². The average molecular weight is 617 g/mol. The highest BCUT2D eigenvalue weighted by Gasteiger charge is 2.39. The zero-order chi connectivity index (χ0) is 30.1. The van der Waals surface area contributed by atoms with Crippen molar-refractivity contribution in [3.05, 3.63) is 82.5 Å². The number of carbonyl (C=O) groups excluding carboxylic acids is 2. The molecular formula is C32H32N4O5S2. The number of aromatic nitrogens is 2. The summed E-state index contributed by atoms with van der Waals surface area (Å²) in [7, 11) is -3.55. The minimum absolute atomic E-state index is 0.114. The van der Waals surface area contributed by atoms with Crippen LogP contribution in [0.2, 0.25) is 0 Å². The van der Waals surface area contributed by atoms with Crippen LogP contribution in [-0.2, 0) is 38.8 Å². The number of ether oxygens (including phenoxy) is 1. The Hall–Kier alpha value is -3.93. The third-order valence-corrected chi connectivity index (χ3v) is 10.4. The number of benzene rings is 2. The van der Waals surface area contributed by atoms with Crippen LogP contribution >= 0.6 is 11.3 Å². The van der Waals surface area contributed by atoms with E-state index in [1.807, 2.05) is 17.5 Å². The van der Waals surface area contributed by atoms with Crippen molar-refractivity contribution in [1.82, 2.24) is 14.9 Å². The first-order valence-corrected chi connectivity index (χ1v) is 16.9. The monoisotopic (exact) mass is 616 g/mol. The van der Waals surface area contributed by atoms with Crippen molar-refractivity contribution >= 4 is 38.1 Å². The SMILES string of the molecule is CCc1cc(-c2cccc(-c3csc(NC(=O)[C@@H]4CCN4C(=O)c4ccc5c(c4)S(=O)(=O)CCOC5)n3)c2)cc(CC)n1. The maximum atomic E-state index is 13.3. The van der Waals surface area contributed by atoms with Gasteiger partial charge in [0.1, 0.15) is 6.04 Å². The van der Waals surface area contributed by atoms with Crippen molar-refractivity contribution in [2.24, 2.45) is 0 Å². The smallest absolute Gasteiger partial charge is 0.254 e. The van der Waals surface area contributed by atoms with E-state index in [4.69, 9.17) is 4.74 Å². The summed E-state index contributed by atoms with van der Waals surface area (Å²) in [6.45, 7) is 4.91. The zero-order valence-electron chi connectivity index (χ0n) is 24.0. The molecule has 1 N–H and O–H groups in total. The van der Waals surface area contributed by atoms with Gasteiger partial charge in [0, 0.05) is 34.4 Å². The van der Waals surface area contributed by atoms with Gasteiger partial charge in [-0.1, -0.05) is 38.1 Å². The van der Waals surface area contributed by atoms with Crippen LogP contribution in [0.15, 0.2) is 64.9 Å². The second-order valence-corrected chi connectivity index (χ2v) is 13.6. The topological polar surface area (TPSA) is 119 Å². The van der Waals surface area contributed by atoms with E-state index in [9.17, 15) is 18.0 Å². The molecule has 1 fully saturated rings. The maximum Gasteiger partial charge on any atom is 0.254 e. The number of thiazole rings is 1. The van der Waals surface area contributed by atoms with Crippen LogP contribution in [0.3, 0.4) is 0 Å². The highest BCUT2D eigenvalue weighted by molar-refractivity contribution is 7.91. The first-order valence-electron chi connectivity index (χ1n) is 14.4. The fourth-order valence-corrected chi connectivity index (χ4v) is 7.43. The molecule has 1 atom stereocenters. The minimum atomic E-state index is -3.55. The Morgan fingerprint density at radius 3 is 2.49 bits per heavy atom. The van der Waals surface area contributed by atoms with Crippen LogP contribution in [0.25, 0.3) is 22.4 Å². The second kappa shape index (κ2) is 12.0. The summed E-state index contributed by atoms with van der Waals surface area (Å²) in [5.41, 5.74) is 6.77. The van der Waals surface area contributed by atoms with Gasteiger partial charge >= 0.3 is 0 Å². The molecule has 4 aromatic rings. The number of anilines is 1. The molecular weight excluding hydrogens is 585 g/mol. The third-order valence-electron chi connectivity index (χ3n) is 7.87. The summed E-state index contributed by atoms with van der Waals surface area (Å²) in [6, 6.07) is 16.4. The fraction of sp³-hybridized carbons (Fsp3) is 0.312. The summed E-state index contributed by atoms with van der Waals surface area (Å²) in [5, 5.41) is 5.22. The lowest BCUT2D eigenvalue weighted by molar-refractivity contribution is -0.123. The van der Waals surface area contributed by atoms with Gasteiger partial charge < -0.3 is 15.0 Å². The molecule has 222 valence electrons. The third kappa shape index (κ3) is 5.97. The number of aryl methyl sites for hydroxylation is 2. The standard InChI is InChI=1S/C32H32N4O5S2/c1-3-25-15-24(16-26(4-2)33-25)20-6-5-7-21(14-20)27-19-42-32(34-27)35-30(37)28-10-11-36(28)31(38)22-8-9-23-18-41-12-13-43(39,40)29(23)17-22/h5-9,14-17,19,28H,3-4,10-13,18H2,1-2H3,(H,34,35,37)/t28-/m0/s1. The molecule has 0 aliphatic carbocycles. The summed E-state index contributed by atoms with van der Waals surface area (Å²) < 4.78 is 30.7. The van der Waals surface area contributed by atoms with E-state index in [1.54, 1.807) is 12.1 Å². The van der Waals surface area contributed by atoms with E-state index < -0.39 is 15.9 Å². The molecule has 43 heavy (non-hydrogen) atoms. The molecule has 0 saturated carbocycles. The maximum absolute atomic E-state index is 13.3. The highest BCUT2D eigenvalue weighted by atomic mass is 32.2. The van der Waals surface area contributed by atoms with Gasteiger partial charge in [-0.3, -0.25) is 14.6 Å². The van der Waals surface area contributed by atoms with Crippen LogP contribution in [0, 0.1) is 0 Å². The van der Waals surface area contributed by atoms with Crippen molar-refractivity contribution < 1.29 is 22.7 Å². The van der Waals surface area contributed by atoms with Gasteiger partial charge in [-0.05, 0) is 66.3 Å². The van der Waals surface area contributed by atoms with Gasteiger partial charge in [0.25, 0.3) is 5.91 Å². The summed E-state index contributed by atoms with van der Waals surface area (Å²) in [4.78, 5) is 37.4. The lowest BCUT2D eigenvalue weighted by Crippen LogP contribution is -2.56. The molecule has 2 aliphatic rings. The van der Waals surface area contributed by atoms with Crippen LogP contribution in [-0.4, -0.2) is 60.0 Å². The lowest BCUT2D eigenvalue weighted by Gasteiger charge is -2.39. The molecule has 6 rings (SSSR count). The number of rotatable bonds is 7. The number of amides is 2. The average Bonchev–Trinajstić information content (AvgIpc) is 3.40. The Kier molecular flexibility index (Phi) is 8.13. The Morgan fingerprint density at radius 1 is 1.00 bits per heavy atom. The van der Waals surface area contributed by atoms with Crippen molar-refractivity contribution in [2.75, 3.05) is 24.2 Å². The van der Waals surface area contributed by atoms with Crippen molar-refractivity contribution in [3.63, 3.8) is 0 Å². The molecule has 1 saturated heterocycles. The molecule has 0 spiro atoms. The predicted octanol–water partition coefficient (Wildman–Crippen LogP) is 5.15. The Balaban J connectivity index is 1.15. The molecule has 11 heteroatoms. The van der Waals surface area contributed by atoms with Gasteiger partial charge in [0.15, 0.2) is 15.0 Å². The second-order valence-electron chi connectivity index (χ2n) is 10.7. The van der Waals surface area contributed by atoms with Gasteiger partial charge in [0.2, 0.25) is 5.91 Å². The fourth-order valence-electron chi connectivity index (χ4n) is 5.31. The highest BCUT2D eigenvalue weighted by Crippen LogP contribution is 2.31. The molecule has 0 bridgehead atoms. The molecule has 0 radical (unpaired) electrons. The van der Waals surface area contributed by atoms with Gasteiger partial charge in [-0.15, -0.1) is 11.3 Å². The molecule has 2 aromatic carbocycles. The first kappa shape index (κ1) is 29.2. The Morgan fingerprint density at radius 2 is 1.77 bits per heavy atom. The largest absolute Gasteiger partial charge is 0.376 e. The normalized spacial score (nSPS) is 17.4. The van der Waals surface area contributed by atoms with Crippen LogP contribution in [0.4, 0.5) is 5.13 Å². The van der Waals surface area contributed by atoms with Crippen LogP contribution < -0.4 is 5.32 Å². The van der Waals surface area contributed by atoms with E-state index in [-0.39, 0.29) is 41.2 Å². The van der Waals surface area contributed by atoms with Crippen molar-refractivity contribution in [2.45, 2.75) is 50.7 Å². The van der Waals surface area contributed by atoms with Gasteiger partial charge in [-0.25, -0.2) is 13.4 Å². The molecule has 2 amide bonds. The van der Waals surface area contributed by atoms with E-state index >= 15 is 0 Å². The number of sulfone groups is 1. The quantitative estimate of drug-likeness (QED) is 0.305. The number of hydrogen-bond donors (Lipinski definition) is 1. The van der Waals surface area contributed by atoms with E-state index in [1.165, 1.54) is 22.3 Å². The lowest BCUT2D eigenvalue weighted by atomic mass is 10.00. The van der Waals surface area contributed by atoms with Crippen LogP contribution in [0.5, 0.6) is 0 Å². The van der Waals surface area contributed by atoms with E-state index in [0.717, 1.165) is 46.6 Å². The zero-order valence-corrected chi connectivity index (χ0v) is 25.6. The van der Waals surface area contributed by atoms with Gasteiger partial charge in [-0.2, -0.15) is 0 Å². The summed E-state index contributed by atoms with van der Waals surface area (Å²) in [5.74, 6) is -0.823. The Labute approximate surface area is 254 Å². The number of fused-ring (bicyclic) bond motifs is 1. The van der Waals surface area contributed by atoms with E-state index in [0.29, 0.717) is 23.7 Å². The van der Waals surface area contributed by atoms with E-state index in [2.05, 4.69) is 53.4 Å². The number of nitrogens with zero attached hydrogens (tertiary/aromatic N) is 3. The number of nitrogens with one attached hydrogen (secondary N) is 1. The number of hydrogen-bond acceptors (Lipinski definition) is 8.